The number of nitrogens with two attached hydrogens (primary N) is 1. The van der Waals surface area contributed by atoms with Gasteiger partial charge in [0.25, 0.3) is 0 Å². The molecule has 1 atom stereocenters. The molecule has 2 N–H and O–H groups in total. The Morgan fingerprint density at radius 2 is 1.50 bits per heavy atom. The summed E-state index contributed by atoms with van der Waals surface area (Å²) < 4.78 is 0. The maximum absolute atomic E-state index is 5.73. The first-order valence-corrected chi connectivity index (χ1v) is 8.85. The SMILES string of the molecule is CC(C)=CCC/C(C)=C/CC/C(C)=C/CSCC(C)N. The van der Waals surface area contributed by atoms with Crippen molar-refractivity contribution in [2.45, 2.75) is 66.3 Å². The van der Waals surface area contributed by atoms with E-state index in [1.165, 1.54) is 42.4 Å². The van der Waals surface area contributed by atoms with Crippen molar-refractivity contribution < 1.29 is 0 Å². The summed E-state index contributed by atoms with van der Waals surface area (Å²) in [5.74, 6) is 2.14. The Morgan fingerprint density at radius 1 is 0.950 bits per heavy atom. The van der Waals surface area contributed by atoms with Gasteiger partial charge in [-0.3, -0.25) is 0 Å². The Labute approximate surface area is 130 Å². The Bertz CT molecular complexity index is 333. The van der Waals surface area contributed by atoms with Crippen molar-refractivity contribution >= 4 is 11.8 Å². The topological polar surface area (TPSA) is 26.0 Å². The van der Waals surface area contributed by atoms with E-state index in [1.807, 2.05) is 11.8 Å². The predicted octanol–water partition coefficient (Wildman–Crippen LogP) is 5.49. The van der Waals surface area contributed by atoms with Crippen LogP contribution in [0.1, 0.15) is 60.3 Å². The maximum Gasteiger partial charge on any atom is 0.0116 e. The molecule has 1 nitrogen and oxygen atoms in total. The highest BCUT2D eigenvalue weighted by atomic mass is 32.2. The quantitative estimate of drug-likeness (QED) is 0.426. The third-order valence-corrected chi connectivity index (χ3v) is 4.22. The van der Waals surface area contributed by atoms with E-state index >= 15 is 0 Å². The van der Waals surface area contributed by atoms with Gasteiger partial charge in [-0.05, 0) is 60.3 Å². The number of allylic oxidation sites excluding steroid dienone is 5. The van der Waals surface area contributed by atoms with Crippen LogP contribution in [0.5, 0.6) is 0 Å². The minimum Gasteiger partial charge on any atom is -0.327 e. The highest BCUT2D eigenvalue weighted by molar-refractivity contribution is 7.99. The molecular weight excluding hydrogens is 262 g/mol. The molecular formula is C18H33NS. The van der Waals surface area contributed by atoms with Crippen LogP contribution in [0.15, 0.2) is 34.9 Å². The van der Waals surface area contributed by atoms with Gasteiger partial charge in [-0.25, -0.2) is 0 Å². The zero-order valence-electron chi connectivity index (χ0n) is 14.0. The molecule has 0 spiro atoms. The van der Waals surface area contributed by atoms with Crippen molar-refractivity contribution in [1.82, 2.24) is 0 Å². The van der Waals surface area contributed by atoms with E-state index < -0.39 is 0 Å². The van der Waals surface area contributed by atoms with Crippen LogP contribution in [0, 0.1) is 0 Å². The van der Waals surface area contributed by atoms with E-state index in [4.69, 9.17) is 5.73 Å². The molecule has 116 valence electrons. The monoisotopic (exact) mass is 295 g/mol. The lowest BCUT2D eigenvalue weighted by molar-refractivity contribution is 0.848. The molecule has 20 heavy (non-hydrogen) atoms. The molecule has 0 aromatic carbocycles. The van der Waals surface area contributed by atoms with Crippen LogP contribution in [0.4, 0.5) is 0 Å². The molecule has 0 saturated carbocycles. The number of hydrogen-bond donors (Lipinski definition) is 1. The van der Waals surface area contributed by atoms with Crippen LogP contribution < -0.4 is 5.73 Å². The Hall–Kier alpha value is -0.470. The van der Waals surface area contributed by atoms with E-state index in [0.717, 1.165) is 11.5 Å². The van der Waals surface area contributed by atoms with Crippen LogP contribution in [0.2, 0.25) is 0 Å². The lowest BCUT2D eigenvalue weighted by Crippen LogP contribution is -2.17. The third-order valence-electron chi connectivity index (χ3n) is 3.05. The lowest BCUT2D eigenvalue weighted by Gasteiger charge is -2.03. The summed E-state index contributed by atoms with van der Waals surface area (Å²) >= 11 is 1.92. The number of rotatable bonds is 10. The van der Waals surface area contributed by atoms with Crippen LogP contribution in [0.3, 0.4) is 0 Å². The van der Waals surface area contributed by atoms with Gasteiger partial charge < -0.3 is 5.73 Å². The van der Waals surface area contributed by atoms with Gasteiger partial charge in [0, 0.05) is 17.5 Å². The fourth-order valence-corrected chi connectivity index (χ4v) is 2.70. The Balaban J connectivity index is 3.79. The van der Waals surface area contributed by atoms with Crippen LogP contribution >= 0.6 is 11.8 Å². The van der Waals surface area contributed by atoms with E-state index in [1.54, 1.807) is 0 Å². The molecule has 0 amide bonds. The van der Waals surface area contributed by atoms with Crippen molar-refractivity contribution in [1.29, 1.82) is 0 Å². The van der Waals surface area contributed by atoms with Gasteiger partial charge in [0.2, 0.25) is 0 Å². The van der Waals surface area contributed by atoms with Crippen LogP contribution in [-0.4, -0.2) is 17.5 Å². The van der Waals surface area contributed by atoms with Gasteiger partial charge in [-0.15, -0.1) is 0 Å². The molecule has 0 heterocycles. The largest absolute Gasteiger partial charge is 0.327 e. The molecule has 0 saturated heterocycles. The maximum atomic E-state index is 5.73. The number of hydrogen-bond acceptors (Lipinski definition) is 2. The Kier molecular flexibility index (Phi) is 12.0. The van der Waals surface area contributed by atoms with E-state index in [-0.39, 0.29) is 0 Å². The first-order chi connectivity index (χ1) is 9.41. The van der Waals surface area contributed by atoms with E-state index in [0.29, 0.717) is 6.04 Å². The van der Waals surface area contributed by atoms with Gasteiger partial charge in [-0.2, -0.15) is 11.8 Å². The molecule has 0 radical (unpaired) electrons. The molecule has 2 heteroatoms. The number of thioether (sulfide) groups is 1. The predicted molar refractivity (Wildman–Crippen MR) is 96.4 cm³/mol. The van der Waals surface area contributed by atoms with E-state index in [9.17, 15) is 0 Å². The van der Waals surface area contributed by atoms with Gasteiger partial charge >= 0.3 is 0 Å². The van der Waals surface area contributed by atoms with Crippen molar-refractivity contribution in [3.05, 3.63) is 34.9 Å². The highest BCUT2D eigenvalue weighted by Crippen LogP contribution is 2.12. The highest BCUT2D eigenvalue weighted by Gasteiger charge is 1.94. The molecule has 1 unspecified atom stereocenters. The molecule has 0 fully saturated rings. The van der Waals surface area contributed by atoms with Crippen LogP contribution in [0.25, 0.3) is 0 Å². The third kappa shape index (κ3) is 14.0. The second-order valence-electron chi connectivity index (χ2n) is 5.97. The smallest absolute Gasteiger partial charge is 0.0116 e. The van der Waals surface area contributed by atoms with Gasteiger partial charge in [-0.1, -0.05) is 34.9 Å². The minimum absolute atomic E-state index is 0.306. The average Bonchev–Trinajstić information content (AvgIpc) is 2.34. The molecule has 0 aromatic rings. The van der Waals surface area contributed by atoms with Crippen molar-refractivity contribution in [2.24, 2.45) is 5.73 Å². The molecule has 0 aliphatic heterocycles. The molecule has 0 aliphatic carbocycles. The molecule has 0 aliphatic rings. The summed E-state index contributed by atoms with van der Waals surface area (Å²) in [6, 6.07) is 0.306. The van der Waals surface area contributed by atoms with Gasteiger partial charge in [0.15, 0.2) is 0 Å². The first-order valence-electron chi connectivity index (χ1n) is 7.69. The fraction of sp³-hybridized carbons (Fsp3) is 0.667. The average molecular weight is 296 g/mol. The minimum atomic E-state index is 0.306. The van der Waals surface area contributed by atoms with Crippen molar-refractivity contribution in [3.8, 4) is 0 Å². The molecule has 0 rings (SSSR count). The summed E-state index contributed by atoms with van der Waals surface area (Å²) in [6.45, 7) is 10.9. The standard InChI is InChI=1S/C18H33NS/c1-15(2)8-6-9-16(3)10-7-11-17(4)12-13-20-14-18(5)19/h8,10,12,18H,6-7,9,11,13-14,19H2,1-5H3/b16-10+,17-12+. The second kappa shape index (κ2) is 12.3. The zero-order valence-corrected chi connectivity index (χ0v) is 14.9. The second-order valence-corrected chi connectivity index (χ2v) is 7.05. The Morgan fingerprint density at radius 3 is 2.05 bits per heavy atom. The van der Waals surface area contributed by atoms with Crippen molar-refractivity contribution in [3.63, 3.8) is 0 Å². The molecule has 0 aromatic heterocycles. The molecule has 0 bridgehead atoms. The summed E-state index contributed by atoms with van der Waals surface area (Å²) in [5, 5.41) is 0. The normalized spacial score (nSPS) is 14.3. The summed E-state index contributed by atoms with van der Waals surface area (Å²) in [6.07, 6.45) is 11.8. The fourth-order valence-electron chi connectivity index (χ4n) is 1.79. The van der Waals surface area contributed by atoms with Gasteiger partial charge in [0.1, 0.15) is 0 Å². The summed E-state index contributed by atoms with van der Waals surface area (Å²) in [7, 11) is 0. The zero-order chi connectivity index (χ0) is 15.4. The van der Waals surface area contributed by atoms with E-state index in [2.05, 4.69) is 52.8 Å². The van der Waals surface area contributed by atoms with Crippen LogP contribution in [-0.2, 0) is 0 Å². The lowest BCUT2D eigenvalue weighted by atomic mass is 10.1. The first kappa shape index (κ1) is 19.5. The summed E-state index contributed by atoms with van der Waals surface area (Å²) in [4.78, 5) is 0. The summed E-state index contributed by atoms with van der Waals surface area (Å²) in [5.41, 5.74) is 10.2. The van der Waals surface area contributed by atoms with Crippen molar-refractivity contribution in [2.75, 3.05) is 11.5 Å². The van der Waals surface area contributed by atoms with Gasteiger partial charge in [0.05, 0.1) is 0 Å².